The molecule has 0 spiro atoms. The first-order valence-corrected chi connectivity index (χ1v) is 10.4. The molecule has 2 rings (SSSR count). The van der Waals surface area contributed by atoms with Crippen LogP contribution in [0.3, 0.4) is 0 Å². The normalized spacial score (nSPS) is 32.0. The van der Waals surface area contributed by atoms with Crippen LogP contribution in [0.25, 0.3) is 0 Å². The van der Waals surface area contributed by atoms with Crippen LogP contribution in [-0.2, 0) is 0 Å². The second kappa shape index (κ2) is 10.9. The smallest absolute Gasteiger partial charge is 0.0655 e. The van der Waals surface area contributed by atoms with E-state index in [1.165, 1.54) is 89.9 Å². The Labute approximate surface area is 144 Å². The van der Waals surface area contributed by atoms with Crippen molar-refractivity contribution < 1.29 is 0 Å². The van der Waals surface area contributed by atoms with E-state index in [1.54, 1.807) is 0 Å². The molecule has 0 aromatic carbocycles. The Morgan fingerprint density at radius 1 is 0.783 bits per heavy atom. The highest BCUT2D eigenvalue weighted by Gasteiger charge is 2.24. The van der Waals surface area contributed by atoms with Crippen molar-refractivity contribution in [3.8, 4) is 6.07 Å². The fourth-order valence-corrected chi connectivity index (χ4v) is 4.67. The molecule has 0 aliphatic heterocycles. The fourth-order valence-electron chi connectivity index (χ4n) is 4.67. The average Bonchev–Trinajstić information content (AvgIpc) is 2.61. The number of nitrogens with zero attached hydrogens (tertiary/aromatic N) is 1. The van der Waals surface area contributed by atoms with Crippen LogP contribution in [0.5, 0.6) is 0 Å². The summed E-state index contributed by atoms with van der Waals surface area (Å²) in [7, 11) is 0. The van der Waals surface area contributed by atoms with Gasteiger partial charge in [0, 0.05) is 5.92 Å². The van der Waals surface area contributed by atoms with Gasteiger partial charge in [0.25, 0.3) is 0 Å². The monoisotopic (exact) mass is 315 g/mol. The van der Waals surface area contributed by atoms with Crippen molar-refractivity contribution in [3.63, 3.8) is 0 Å². The summed E-state index contributed by atoms with van der Waals surface area (Å²) in [4.78, 5) is 0. The molecule has 0 N–H and O–H groups in total. The van der Waals surface area contributed by atoms with E-state index in [9.17, 15) is 0 Å². The van der Waals surface area contributed by atoms with Gasteiger partial charge in [0.15, 0.2) is 0 Å². The molecule has 2 aliphatic carbocycles. The van der Waals surface area contributed by atoms with Gasteiger partial charge in [-0.2, -0.15) is 5.26 Å². The van der Waals surface area contributed by atoms with Crippen LogP contribution in [0.2, 0.25) is 0 Å². The summed E-state index contributed by atoms with van der Waals surface area (Å²) in [6.45, 7) is 2.22. The molecular formula is C22H37N. The molecule has 0 amide bonds. The van der Waals surface area contributed by atoms with Crippen molar-refractivity contribution in [2.75, 3.05) is 0 Å². The Hall–Kier alpha value is -0.770. The first-order chi connectivity index (χ1) is 11.3. The molecule has 1 heteroatoms. The summed E-state index contributed by atoms with van der Waals surface area (Å²) in [5.74, 6) is 3.34. The maximum absolute atomic E-state index is 8.99. The van der Waals surface area contributed by atoms with Crippen molar-refractivity contribution in [1.82, 2.24) is 0 Å². The van der Waals surface area contributed by atoms with E-state index in [4.69, 9.17) is 5.26 Å². The van der Waals surface area contributed by atoms with Crippen LogP contribution in [0.15, 0.2) is 12.2 Å². The number of rotatable bonds is 8. The highest BCUT2D eigenvalue weighted by molar-refractivity contribution is 4.87. The topological polar surface area (TPSA) is 23.8 Å². The molecule has 2 saturated carbocycles. The summed E-state index contributed by atoms with van der Waals surface area (Å²) in [5, 5.41) is 8.99. The molecule has 0 saturated heterocycles. The van der Waals surface area contributed by atoms with E-state index in [-0.39, 0.29) is 0 Å². The molecule has 0 unspecified atom stereocenters. The Morgan fingerprint density at radius 2 is 1.30 bits per heavy atom. The maximum atomic E-state index is 8.99. The van der Waals surface area contributed by atoms with Gasteiger partial charge in [-0.1, -0.05) is 64.0 Å². The summed E-state index contributed by atoms with van der Waals surface area (Å²) in [6, 6.07) is 2.46. The summed E-state index contributed by atoms with van der Waals surface area (Å²) in [5.41, 5.74) is 0. The third-order valence-electron chi connectivity index (χ3n) is 6.36. The van der Waals surface area contributed by atoms with Crippen LogP contribution >= 0.6 is 0 Å². The number of hydrogen-bond donors (Lipinski definition) is 0. The minimum Gasteiger partial charge on any atom is -0.198 e. The number of allylic oxidation sites excluding steroid dienone is 2. The van der Waals surface area contributed by atoms with E-state index in [0.717, 1.165) is 17.8 Å². The summed E-state index contributed by atoms with van der Waals surface area (Å²) < 4.78 is 0. The average molecular weight is 316 g/mol. The minimum absolute atomic E-state index is 0.369. The molecule has 0 atom stereocenters. The highest BCUT2D eigenvalue weighted by atomic mass is 14.3. The third-order valence-corrected chi connectivity index (χ3v) is 6.36. The molecule has 0 aromatic heterocycles. The predicted octanol–water partition coefficient (Wildman–Crippen LogP) is 7.04. The summed E-state index contributed by atoms with van der Waals surface area (Å²) >= 11 is 0. The lowest BCUT2D eigenvalue weighted by Crippen LogP contribution is -2.17. The van der Waals surface area contributed by atoms with Crippen LogP contribution in [0.4, 0.5) is 0 Å². The van der Waals surface area contributed by atoms with Gasteiger partial charge in [0.2, 0.25) is 0 Å². The third kappa shape index (κ3) is 7.11. The molecule has 0 radical (unpaired) electrons. The van der Waals surface area contributed by atoms with Crippen molar-refractivity contribution in [2.45, 2.75) is 96.8 Å². The van der Waals surface area contributed by atoms with Gasteiger partial charge in [-0.3, -0.25) is 0 Å². The van der Waals surface area contributed by atoms with Gasteiger partial charge in [-0.15, -0.1) is 0 Å². The Bertz CT molecular complexity index is 362. The van der Waals surface area contributed by atoms with Crippen molar-refractivity contribution >= 4 is 0 Å². The van der Waals surface area contributed by atoms with Crippen LogP contribution in [0, 0.1) is 35.0 Å². The number of hydrogen-bond acceptors (Lipinski definition) is 1. The highest BCUT2D eigenvalue weighted by Crippen LogP contribution is 2.37. The van der Waals surface area contributed by atoms with Gasteiger partial charge in [-0.25, -0.2) is 0 Å². The molecule has 2 fully saturated rings. The van der Waals surface area contributed by atoms with Crippen molar-refractivity contribution in [3.05, 3.63) is 12.2 Å². The molecule has 1 nitrogen and oxygen atoms in total. The first kappa shape index (κ1) is 18.6. The van der Waals surface area contributed by atoms with Gasteiger partial charge in [0.05, 0.1) is 6.07 Å². The number of nitriles is 1. The second-order valence-corrected chi connectivity index (χ2v) is 8.12. The Morgan fingerprint density at radius 3 is 1.83 bits per heavy atom. The molecule has 0 aromatic rings. The van der Waals surface area contributed by atoms with E-state index in [2.05, 4.69) is 25.1 Å². The van der Waals surface area contributed by atoms with E-state index in [0.29, 0.717) is 5.92 Å². The standard InChI is InChI=1S/C22H37N/c1-2-3-4-5-6-7-19-8-10-20(11-9-19)12-13-21-14-16-22(18-23)17-15-21/h3-4,19-22H,2,5-17H2,1H3/b4-3-/t19-,20-,21?,22?. The van der Waals surface area contributed by atoms with Gasteiger partial charge in [0.1, 0.15) is 0 Å². The molecular weight excluding hydrogens is 278 g/mol. The largest absolute Gasteiger partial charge is 0.198 e. The van der Waals surface area contributed by atoms with Crippen molar-refractivity contribution in [2.24, 2.45) is 23.7 Å². The molecule has 0 heterocycles. The lowest BCUT2D eigenvalue weighted by Gasteiger charge is -2.31. The molecule has 0 bridgehead atoms. The van der Waals surface area contributed by atoms with E-state index >= 15 is 0 Å². The van der Waals surface area contributed by atoms with Crippen LogP contribution < -0.4 is 0 Å². The Kier molecular flexibility index (Phi) is 8.80. The SMILES string of the molecule is CC/C=C\CCC[C@H]1CC[C@H](CCC2CCC(C#N)CC2)CC1. The molecule has 2 aliphatic rings. The molecule has 23 heavy (non-hydrogen) atoms. The minimum atomic E-state index is 0.369. The summed E-state index contributed by atoms with van der Waals surface area (Å²) in [6.07, 6.45) is 23.8. The van der Waals surface area contributed by atoms with E-state index in [1.807, 2.05) is 0 Å². The fraction of sp³-hybridized carbons (Fsp3) is 0.864. The first-order valence-electron chi connectivity index (χ1n) is 10.4. The second-order valence-electron chi connectivity index (χ2n) is 8.12. The number of unbranched alkanes of at least 4 members (excludes halogenated alkanes) is 1. The lowest BCUT2D eigenvalue weighted by molar-refractivity contribution is 0.221. The molecule has 130 valence electrons. The zero-order valence-electron chi connectivity index (χ0n) is 15.3. The Balaban J connectivity index is 1.51. The quantitative estimate of drug-likeness (QED) is 0.348. The maximum Gasteiger partial charge on any atom is 0.0655 e. The van der Waals surface area contributed by atoms with Gasteiger partial charge >= 0.3 is 0 Å². The zero-order chi connectivity index (χ0) is 16.3. The van der Waals surface area contributed by atoms with Gasteiger partial charge < -0.3 is 0 Å². The predicted molar refractivity (Wildman–Crippen MR) is 99.0 cm³/mol. The lowest BCUT2D eigenvalue weighted by atomic mass is 9.75. The van der Waals surface area contributed by atoms with Crippen molar-refractivity contribution in [1.29, 1.82) is 5.26 Å². The van der Waals surface area contributed by atoms with Crippen LogP contribution in [0.1, 0.15) is 96.8 Å². The zero-order valence-corrected chi connectivity index (χ0v) is 15.3. The van der Waals surface area contributed by atoms with E-state index < -0.39 is 0 Å². The van der Waals surface area contributed by atoms with Gasteiger partial charge in [-0.05, 0) is 62.7 Å². The van der Waals surface area contributed by atoms with Crippen LogP contribution in [-0.4, -0.2) is 0 Å².